The maximum atomic E-state index is 10.8. The van der Waals surface area contributed by atoms with E-state index in [0.717, 1.165) is 18.2 Å². The minimum atomic E-state index is -3.92. The number of aromatic hydroxyl groups is 1. The molecule has 0 aliphatic heterocycles. The largest absolute Gasteiger partial charge is 0.507 e. The Labute approximate surface area is 79.6 Å². The number of sulfonamides is 1. The summed E-state index contributed by atoms with van der Waals surface area (Å²) in [4.78, 5) is 10.1. The SMILES string of the molecule is NS(=O)(=O)c1ccc(C(=O)O)c(O)c1. The molecule has 0 atom stereocenters. The highest BCUT2D eigenvalue weighted by atomic mass is 32.2. The topological polar surface area (TPSA) is 118 Å². The van der Waals surface area contributed by atoms with Crippen molar-refractivity contribution in [2.24, 2.45) is 5.14 Å². The zero-order valence-electron chi connectivity index (χ0n) is 6.84. The van der Waals surface area contributed by atoms with Crippen molar-refractivity contribution in [1.29, 1.82) is 0 Å². The van der Waals surface area contributed by atoms with E-state index in [1.54, 1.807) is 0 Å². The van der Waals surface area contributed by atoms with Crippen LogP contribution in [0.5, 0.6) is 5.75 Å². The lowest BCUT2D eigenvalue weighted by atomic mass is 10.2. The average molecular weight is 217 g/mol. The van der Waals surface area contributed by atoms with Crippen molar-refractivity contribution in [1.82, 2.24) is 0 Å². The molecule has 1 rings (SSSR count). The molecule has 4 N–H and O–H groups in total. The maximum Gasteiger partial charge on any atom is 0.339 e. The minimum absolute atomic E-state index is 0.333. The van der Waals surface area contributed by atoms with Crippen LogP contribution in [0.25, 0.3) is 0 Å². The lowest BCUT2D eigenvalue weighted by molar-refractivity contribution is 0.0693. The molecule has 1 aromatic carbocycles. The van der Waals surface area contributed by atoms with Crippen molar-refractivity contribution in [2.75, 3.05) is 0 Å². The molecule has 0 unspecified atom stereocenters. The van der Waals surface area contributed by atoms with Crippen LogP contribution in [0, 0.1) is 0 Å². The Kier molecular flexibility index (Phi) is 2.45. The molecule has 0 amide bonds. The number of primary sulfonamides is 1. The normalized spacial score (nSPS) is 11.2. The zero-order chi connectivity index (χ0) is 10.9. The van der Waals surface area contributed by atoms with Crippen LogP contribution in [0.4, 0.5) is 0 Å². The molecular weight excluding hydrogens is 210 g/mol. The van der Waals surface area contributed by atoms with E-state index >= 15 is 0 Å². The van der Waals surface area contributed by atoms with Gasteiger partial charge >= 0.3 is 5.97 Å². The van der Waals surface area contributed by atoms with E-state index < -0.39 is 21.7 Å². The first kappa shape index (κ1) is 10.5. The summed E-state index contributed by atoms with van der Waals surface area (Å²) in [5, 5.41) is 22.4. The Morgan fingerprint density at radius 3 is 2.29 bits per heavy atom. The average Bonchev–Trinajstić information content (AvgIpc) is 2.01. The van der Waals surface area contributed by atoms with Gasteiger partial charge in [0, 0.05) is 6.07 Å². The molecule has 0 saturated heterocycles. The van der Waals surface area contributed by atoms with Crippen LogP contribution in [-0.2, 0) is 10.0 Å². The molecule has 0 heterocycles. The van der Waals surface area contributed by atoms with Gasteiger partial charge in [-0.1, -0.05) is 0 Å². The third kappa shape index (κ3) is 2.01. The smallest absolute Gasteiger partial charge is 0.339 e. The van der Waals surface area contributed by atoms with Gasteiger partial charge in [0.25, 0.3) is 0 Å². The third-order valence-electron chi connectivity index (χ3n) is 1.53. The fourth-order valence-corrected chi connectivity index (χ4v) is 1.40. The van der Waals surface area contributed by atoms with Crippen LogP contribution in [0.2, 0.25) is 0 Å². The van der Waals surface area contributed by atoms with E-state index in [-0.39, 0.29) is 10.5 Å². The standard InChI is InChI=1S/C7H7NO5S/c8-14(12,13)4-1-2-5(7(10)11)6(9)3-4/h1-3,9H,(H,10,11)(H2,8,12,13). The molecule has 0 spiro atoms. The van der Waals surface area contributed by atoms with Crippen molar-refractivity contribution in [2.45, 2.75) is 4.90 Å². The molecule has 14 heavy (non-hydrogen) atoms. The summed E-state index contributed by atoms with van der Waals surface area (Å²) in [6, 6.07) is 2.77. The van der Waals surface area contributed by atoms with E-state index in [9.17, 15) is 13.2 Å². The Morgan fingerprint density at radius 1 is 1.36 bits per heavy atom. The number of carboxylic acids is 1. The van der Waals surface area contributed by atoms with Gasteiger partial charge in [0.1, 0.15) is 11.3 Å². The van der Waals surface area contributed by atoms with Crippen LogP contribution in [0.1, 0.15) is 10.4 Å². The summed E-state index contributed by atoms with van der Waals surface area (Å²) in [5.74, 6) is -1.98. The summed E-state index contributed by atoms with van der Waals surface area (Å²) >= 11 is 0. The van der Waals surface area contributed by atoms with Gasteiger partial charge in [0.2, 0.25) is 10.0 Å². The number of rotatable bonds is 2. The Hall–Kier alpha value is -1.60. The number of nitrogens with two attached hydrogens (primary N) is 1. The number of benzene rings is 1. The van der Waals surface area contributed by atoms with Gasteiger partial charge in [-0.2, -0.15) is 0 Å². The van der Waals surface area contributed by atoms with Crippen LogP contribution in [0.3, 0.4) is 0 Å². The van der Waals surface area contributed by atoms with Gasteiger partial charge in [-0.25, -0.2) is 18.4 Å². The van der Waals surface area contributed by atoms with Gasteiger partial charge in [0.15, 0.2) is 0 Å². The van der Waals surface area contributed by atoms with Crippen molar-refractivity contribution in [3.05, 3.63) is 23.8 Å². The summed E-state index contributed by atoms with van der Waals surface area (Å²) in [5.41, 5.74) is -0.377. The minimum Gasteiger partial charge on any atom is -0.507 e. The highest BCUT2D eigenvalue weighted by Gasteiger charge is 2.14. The summed E-state index contributed by atoms with van der Waals surface area (Å²) in [7, 11) is -3.92. The molecule has 0 aromatic heterocycles. The van der Waals surface area contributed by atoms with Gasteiger partial charge < -0.3 is 10.2 Å². The third-order valence-corrected chi connectivity index (χ3v) is 2.44. The highest BCUT2D eigenvalue weighted by Crippen LogP contribution is 2.20. The quantitative estimate of drug-likeness (QED) is 0.630. The van der Waals surface area contributed by atoms with E-state index in [2.05, 4.69) is 0 Å². The monoisotopic (exact) mass is 217 g/mol. The molecule has 76 valence electrons. The van der Waals surface area contributed by atoms with Crippen LogP contribution < -0.4 is 5.14 Å². The van der Waals surface area contributed by atoms with E-state index in [4.69, 9.17) is 15.4 Å². The fourth-order valence-electron chi connectivity index (χ4n) is 0.869. The Bertz CT molecular complexity index is 479. The van der Waals surface area contributed by atoms with Crippen LogP contribution in [0.15, 0.2) is 23.1 Å². The first-order valence-electron chi connectivity index (χ1n) is 3.41. The first-order valence-corrected chi connectivity index (χ1v) is 4.96. The molecule has 7 heteroatoms. The lowest BCUT2D eigenvalue weighted by Gasteiger charge is -2.01. The second-order valence-electron chi connectivity index (χ2n) is 2.53. The second kappa shape index (κ2) is 3.28. The van der Waals surface area contributed by atoms with Gasteiger partial charge in [-0.15, -0.1) is 0 Å². The number of phenols is 1. The molecule has 0 fully saturated rings. The molecule has 1 aromatic rings. The maximum absolute atomic E-state index is 10.8. The molecule has 0 radical (unpaired) electrons. The Balaban J connectivity index is 3.34. The summed E-state index contributed by atoms with van der Waals surface area (Å²) in [6.45, 7) is 0. The van der Waals surface area contributed by atoms with Crippen LogP contribution in [-0.4, -0.2) is 24.6 Å². The fraction of sp³-hybridized carbons (Fsp3) is 0. The van der Waals surface area contributed by atoms with E-state index in [1.807, 2.05) is 0 Å². The van der Waals surface area contributed by atoms with Gasteiger partial charge in [0.05, 0.1) is 4.90 Å². The highest BCUT2D eigenvalue weighted by molar-refractivity contribution is 7.89. The first-order chi connectivity index (χ1) is 6.32. The second-order valence-corrected chi connectivity index (χ2v) is 4.09. The molecular formula is C7H7NO5S. The summed E-state index contributed by atoms with van der Waals surface area (Å²) in [6.07, 6.45) is 0. The number of hydrogen-bond donors (Lipinski definition) is 3. The number of aromatic carboxylic acids is 1. The molecule has 0 aliphatic rings. The lowest BCUT2D eigenvalue weighted by Crippen LogP contribution is -2.12. The molecule has 0 saturated carbocycles. The van der Waals surface area contributed by atoms with Gasteiger partial charge in [-0.05, 0) is 12.1 Å². The molecule has 6 nitrogen and oxygen atoms in total. The van der Waals surface area contributed by atoms with E-state index in [1.165, 1.54) is 0 Å². The Morgan fingerprint density at radius 2 is 1.93 bits per heavy atom. The van der Waals surface area contributed by atoms with Crippen molar-refractivity contribution in [3.63, 3.8) is 0 Å². The predicted octanol–water partition coefficient (Wildman–Crippen LogP) is -0.262. The number of carboxylic acid groups (broad SMARTS) is 1. The van der Waals surface area contributed by atoms with Crippen molar-refractivity contribution < 1.29 is 23.4 Å². The van der Waals surface area contributed by atoms with E-state index in [0.29, 0.717) is 0 Å². The van der Waals surface area contributed by atoms with Gasteiger partial charge in [-0.3, -0.25) is 0 Å². The molecule has 0 aliphatic carbocycles. The van der Waals surface area contributed by atoms with Crippen molar-refractivity contribution in [3.8, 4) is 5.75 Å². The number of carbonyl (C=O) groups is 1. The zero-order valence-corrected chi connectivity index (χ0v) is 7.65. The number of hydrogen-bond acceptors (Lipinski definition) is 4. The van der Waals surface area contributed by atoms with Crippen molar-refractivity contribution >= 4 is 16.0 Å². The predicted molar refractivity (Wildman–Crippen MR) is 46.4 cm³/mol. The van der Waals surface area contributed by atoms with Crippen LogP contribution >= 0.6 is 0 Å². The molecule has 0 bridgehead atoms. The summed E-state index contributed by atoms with van der Waals surface area (Å²) < 4.78 is 21.6.